The summed E-state index contributed by atoms with van der Waals surface area (Å²) in [6.07, 6.45) is 3.34. The number of aryl methyl sites for hydroxylation is 2. The molecular formula is C28H33N3O3. The van der Waals surface area contributed by atoms with E-state index in [0.717, 1.165) is 48.1 Å². The molecule has 2 unspecified atom stereocenters. The Bertz CT molecular complexity index is 1100. The second kappa shape index (κ2) is 9.24. The molecule has 6 nitrogen and oxygen atoms in total. The molecule has 5 rings (SSSR count). The number of hydrogen-bond acceptors (Lipinski definition) is 3. The van der Waals surface area contributed by atoms with Crippen LogP contribution in [0.2, 0.25) is 0 Å². The highest BCUT2D eigenvalue weighted by molar-refractivity contribution is 6.03. The number of piperidine rings is 2. The van der Waals surface area contributed by atoms with E-state index in [9.17, 15) is 14.4 Å². The monoisotopic (exact) mass is 459 g/mol. The molecule has 2 saturated heterocycles. The van der Waals surface area contributed by atoms with Gasteiger partial charge in [-0.2, -0.15) is 0 Å². The van der Waals surface area contributed by atoms with E-state index in [-0.39, 0.29) is 35.5 Å². The third kappa shape index (κ3) is 4.33. The van der Waals surface area contributed by atoms with Crippen LogP contribution in [0.15, 0.2) is 42.5 Å². The van der Waals surface area contributed by atoms with Crippen molar-refractivity contribution in [2.75, 3.05) is 31.5 Å². The SMILES string of the molecule is Cc1cc(C)cc(C(=O)N2CCCC(C(=O)N3CCC(C4C(=O)Nc5ccccc54)CC3)C2)c1. The predicted octanol–water partition coefficient (Wildman–Crippen LogP) is 4.13. The Morgan fingerprint density at radius 1 is 0.912 bits per heavy atom. The van der Waals surface area contributed by atoms with Gasteiger partial charge in [-0.25, -0.2) is 0 Å². The topological polar surface area (TPSA) is 69.7 Å². The third-order valence-electron chi connectivity index (χ3n) is 7.69. The molecule has 3 amide bonds. The first-order valence-electron chi connectivity index (χ1n) is 12.5. The number of para-hydroxylation sites is 1. The molecule has 1 N–H and O–H groups in total. The van der Waals surface area contributed by atoms with Gasteiger partial charge >= 0.3 is 0 Å². The first kappa shape index (κ1) is 22.6. The van der Waals surface area contributed by atoms with Gasteiger partial charge in [0.25, 0.3) is 5.91 Å². The van der Waals surface area contributed by atoms with Crippen LogP contribution in [-0.2, 0) is 9.59 Å². The second-order valence-corrected chi connectivity index (χ2v) is 10.2. The number of nitrogens with one attached hydrogen (secondary N) is 1. The van der Waals surface area contributed by atoms with Crippen molar-refractivity contribution in [1.82, 2.24) is 9.80 Å². The maximum Gasteiger partial charge on any atom is 0.253 e. The van der Waals surface area contributed by atoms with Gasteiger partial charge in [0.05, 0.1) is 11.8 Å². The van der Waals surface area contributed by atoms with Crippen LogP contribution in [0.3, 0.4) is 0 Å². The molecule has 34 heavy (non-hydrogen) atoms. The molecule has 0 aromatic heterocycles. The summed E-state index contributed by atoms with van der Waals surface area (Å²) in [6.45, 7) is 6.55. The van der Waals surface area contributed by atoms with Crippen LogP contribution in [-0.4, -0.2) is 53.7 Å². The van der Waals surface area contributed by atoms with Gasteiger partial charge in [0.2, 0.25) is 11.8 Å². The Hall–Kier alpha value is -3.15. The van der Waals surface area contributed by atoms with Crippen molar-refractivity contribution in [3.63, 3.8) is 0 Å². The number of nitrogens with zero attached hydrogens (tertiary/aromatic N) is 2. The van der Waals surface area contributed by atoms with Gasteiger partial charge in [-0.1, -0.05) is 35.4 Å². The van der Waals surface area contributed by atoms with Crippen LogP contribution in [0, 0.1) is 25.7 Å². The molecule has 178 valence electrons. The van der Waals surface area contributed by atoms with Crippen LogP contribution in [0.5, 0.6) is 0 Å². The Balaban J connectivity index is 1.20. The van der Waals surface area contributed by atoms with E-state index in [1.807, 2.05) is 60.0 Å². The van der Waals surface area contributed by atoms with Gasteiger partial charge in [0.1, 0.15) is 0 Å². The zero-order valence-corrected chi connectivity index (χ0v) is 20.0. The van der Waals surface area contributed by atoms with Gasteiger partial charge in [-0.15, -0.1) is 0 Å². The number of likely N-dealkylation sites (tertiary alicyclic amines) is 2. The summed E-state index contributed by atoms with van der Waals surface area (Å²) < 4.78 is 0. The van der Waals surface area contributed by atoms with Crippen molar-refractivity contribution < 1.29 is 14.4 Å². The van der Waals surface area contributed by atoms with E-state index in [1.165, 1.54) is 0 Å². The van der Waals surface area contributed by atoms with Gasteiger partial charge in [-0.3, -0.25) is 14.4 Å². The highest BCUT2D eigenvalue weighted by Crippen LogP contribution is 2.41. The Morgan fingerprint density at radius 3 is 2.35 bits per heavy atom. The van der Waals surface area contributed by atoms with Crippen LogP contribution in [0.25, 0.3) is 0 Å². The lowest BCUT2D eigenvalue weighted by molar-refractivity contribution is -0.138. The lowest BCUT2D eigenvalue weighted by atomic mass is 9.80. The summed E-state index contributed by atoms with van der Waals surface area (Å²) in [4.78, 5) is 42.9. The number of rotatable bonds is 3. The standard InChI is InChI=1S/C28H33N3O3/c1-18-14-19(2)16-22(15-18)28(34)31-11-5-6-21(17-31)27(33)30-12-9-20(10-13-30)25-23-7-3-4-8-24(23)29-26(25)32/h3-4,7-8,14-16,20-21,25H,5-6,9-13,17H2,1-2H3,(H,29,32). The predicted molar refractivity (Wildman–Crippen MR) is 132 cm³/mol. The Morgan fingerprint density at radius 2 is 1.62 bits per heavy atom. The molecule has 3 aliphatic heterocycles. The molecule has 2 fully saturated rings. The molecule has 0 saturated carbocycles. The molecule has 0 aliphatic carbocycles. The molecule has 0 spiro atoms. The van der Waals surface area contributed by atoms with Gasteiger partial charge < -0.3 is 15.1 Å². The highest BCUT2D eigenvalue weighted by Gasteiger charge is 2.40. The molecule has 3 heterocycles. The summed E-state index contributed by atoms with van der Waals surface area (Å²) in [5, 5.41) is 3.01. The average Bonchev–Trinajstić information content (AvgIpc) is 3.18. The molecule has 3 aliphatic rings. The van der Waals surface area contributed by atoms with Crippen LogP contribution in [0.1, 0.15) is 58.6 Å². The first-order chi connectivity index (χ1) is 16.4. The fraction of sp³-hybridized carbons (Fsp3) is 0.464. The lowest BCUT2D eigenvalue weighted by Gasteiger charge is -2.38. The molecule has 2 aromatic carbocycles. The lowest BCUT2D eigenvalue weighted by Crippen LogP contribution is -2.49. The normalized spacial score (nSPS) is 22.9. The smallest absolute Gasteiger partial charge is 0.253 e. The van der Waals surface area contributed by atoms with E-state index in [1.54, 1.807) is 0 Å². The quantitative estimate of drug-likeness (QED) is 0.750. The van der Waals surface area contributed by atoms with Crippen LogP contribution in [0.4, 0.5) is 5.69 Å². The number of anilines is 1. The van der Waals surface area contributed by atoms with Gasteiger partial charge in [0.15, 0.2) is 0 Å². The van der Waals surface area contributed by atoms with Crippen molar-refractivity contribution in [2.45, 2.75) is 45.4 Å². The van der Waals surface area contributed by atoms with Crippen molar-refractivity contribution in [3.05, 3.63) is 64.7 Å². The maximum absolute atomic E-state index is 13.4. The van der Waals surface area contributed by atoms with Crippen LogP contribution < -0.4 is 5.32 Å². The fourth-order valence-corrected chi connectivity index (χ4v) is 6.06. The number of amides is 3. The van der Waals surface area contributed by atoms with Gasteiger partial charge in [0, 0.05) is 37.4 Å². The highest BCUT2D eigenvalue weighted by atomic mass is 16.2. The number of carbonyl (C=O) groups excluding carboxylic acids is 3. The average molecular weight is 460 g/mol. The second-order valence-electron chi connectivity index (χ2n) is 10.2. The molecule has 2 aromatic rings. The van der Waals surface area contributed by atoms with E-state index in [4.69, 9.17) is 0 Å². The summed E-state index contributed by atoms with van der Waals surface area (Å²) in [5.41, 5.74) is 4.88. The molecule has 0 radical (unpaired) electrons. The largest absolute Gasteiger partial charge is 0.342 e. The summed E-state index contributed by atoms with van der Waals surface area (Å²) in [5.74, 6) is 0.256. The molecule has 0 bridgehead atoms. The minimum Gasteiger partial charge on any atom is -0.342 e. The summed E-state index contributed by atoms with van der Waals surface area (Å²) in [6, 6.07) is 13.9. The molecule has 6 heteroatoms. The van der Waals surface area contributed by atoms with E-state index in [0.29, 0.717) is 31.7 Å². The number of hydrogen-bond donors (Lipinski definition) is 1. The van der Waals surface area contributed by atoms with Crippen molar-refractivity contribution >= 4 is 23.4 Å². The molecular weight excluding hydrogens is 426 g/mol. The zero-order valence-electron chi connectivity index (χ0n) is 20.0. The summed E-state index contributed by atoms with van der Waals surface area (Å²) in [7, 11) is 0. The maximum atomic E-state index is 13.4. The first-order valence-corrected chi connectivity index (χ1v) is 12.5. The third-order valence-corrected chi connectivity index (χ3v) is 7.69. The zero-order chi connectivity index (χ0) is 23.8. The Kier molecular flexibility index (Phi) is 6.15. The number of benzene rings is 2. The van der Waals surface area contributed by atoms with Crippen molar-refractivity contribution in [1.29, 1.82) is 0 Å². The Labute approximate surface area is 201 Å². The number of fused-ring (bicyclic) bond motifs is 1. The van der Waals surface area contributed by atoms with Gasteiger partial charge in [-0.05, 0) is 69.2 Å². The number of carbonyl (C=O) groups is 3. The minimum atomic E-state index is -0.143. The molecule has 2 atom stereocenters. The van der Waals surface area contributed by atoms with E-state index in [2.05, 4.69) is 11.4 Å². The van der Waals surface area contributed by atoms with Crippen LogP contribution >= 0.6 is 0 Å². The summed E-state index contributed by atoms with van der Waals surface area (Å²) >= 11 is 0. The van der Waals surface area contributed by atoms with Crippen molar-refractivity contribution in [3.8, 4) is 0 Å². The minimum absolute atomic E-state index is 0.0221. The van der Waals surface area contributed by atoms with Crippen molar-refractivity contribution in [2.24, 2.45) is 11.8 Å². The fourth-order valence-electron chi connectivity index (χ4n) is 6.06. The van der Waals surface area contributed by atoms with E-state index >= 15 is 0 Å². The van der Waals surface area contributed by atoms with E-state index < -0.39 is 0 Å².